The summed E-state index contributed by atoms with van der Waals surface area (Å²) in [6.45, 7) is 0. The Bertz CT molecular complexity index is 943. The zero-order valence-corrected chi connectivity index (χ0v) is 11.4. The average Bonchev–Trinajstić information content (AvgIpc) is 2.66. The minimum absolute atomic E-state index is 0.0419. The van der Waals surface area contributed by atoms with Gasteiger partial charge in [0.25, 0.3) is 0 Å². The van der Waals surface area contributed by atoms with Gasteiger partial charge in [-0.25, -0.2) is 0 Å². The highest BCUT2D eigenvalue weighted by molar-refractivity contribution is 6.30. The monoisotopic (exact) mass is 300 g/mol. The standard InChI is InChI=1S/C16H9ClO4/c17-10-7-5-9(6-8-10)15-14(20)13(19)11-3-1-2-4-12(18)16(11)21-15/h1-8,20H. The molecule has 1 aromatic heterocycles. The number of hydrogen-bond acceptors (Lipinski definition) is 4. The molecule has 4 nitrogen and oxygen atoms in total. The number of halogens is 1. The van der Waals surface area contributed by atoms with Gasteiger partial charge in [-0.05, 0) is 36.4 Å². The second kappa shape index (κ2) is 5.07. The fraction of sp³-hybridized carbons (Fsp3) is 0. The molecule has 0 unspecified atom stereocenters. The Labute approximate surface area is 123 Å². The van der Waals surface area contributed by atoms with Crippen LogP contribution in [-0.2, 0) is 0 Å². The molecule has 0 bridgehead atoms. The molecule has 2 aromatic carbocycles. The summed E-state index contributed by atoms with van der Waals surface area (Å²) < 4.78 is 5.48. The van der Waals surface area contributed by atoms with Gasteiger partial charge in [-0.1, -0.05) is 23.7 Å². The Morgan fingerprint density at radius 2 is 1.62 bits per heavy atom. The molecular formula is C16H9ClO4. The lowest BCUT2D eigenvalue weighted by molar-refractivity contribution is 0.449. The largest absolute Gasteiger partial charge is 0.502 e. The van der Waals surface area contributed by atoms with Crippen LogP contribution in [0.25, 0.3) is 22.3 Å². The Morgan fingerprint density at radius 3 is 2.33 bits per heavy atom. The van der Waals surface area contributed by atoms with Gasteiger partial charge in [-0.3, -0.25) is 9.59 Å². The van der Waals surface area contributed by atoms with Crippen LogP contribution in [0.15, 0.2) is 62.5 Å². The van der Waals surface area contributed by atoms with Crippen molar-refractivity contribution in [3.8, 4) is 17.1 Å². The number of hydrogen-bond donors (Lipinski definition) is 1. The van der Waals surface area contributed by atoms with Crippen molar-refractivity contribution in [1.82, 2.24) is 0 Å². The fourth-order valence-electron chi connectivity index (χ4n) is 2.04. The van der Waals surface area contributed by atoms with Crippen LogP contribution < -0.4 is 10.9 Å². The summed E-state index contributed by atoms with van der Waals surface area (Å²) >= 11 is 5.80. The molecule has 0 amide bonds. The number of aromatic hydroxyl groups is 1. The van der Waals surface area contributed by atoms with E-state index in [1.807, 2.05) is 0 Å². The minimum atomic E-state index is -0.644. The van der Waals surface area contributed by atoms with Gasteiger partial charge >= 0.3 is 0 Å². The van der Waals surface area contributed by atoms with E-state index < -0.39 is 16.6 Å². The quantitative estimate of drug-likeness (QED) is 0.749. The lowest BCUT2D eigenvalue weighted by atomic mass is 10.1. The van der Waals surface area contributed by atoms with Gasteiger partial charge < -0.3 is 9.52 Å². The summed E-state index contributed by atoms with van der Waals surface area (Å²) in [6.07, 6.45) is 0. The van der Waals surface area contributed by atoms with Crippen LogP contribution in [0.1, 0.15) is 0 Å². The van der Waals surface area contributed by atoms with Gasteiger partial charge in [0, 0.05) is 10.6 Å². The van der Waals surface area contributed by atoms with Gasteiger partial charge in [0.15, 0.2) is 11.3 Å². The Morgan fingerprint density at radius 1 is 0.952 bits per heavy atom. The van der Waals surface area contributed by atoms with E-state index in [2.05, 4.69) is 0 Å². The lowest BCUT2D eigenvalue weighted by Crippen LogP contribution is -2.06. The highest BCUT2D eigenvalue weighted by Crippen LogP contribution is 2.29. The molecule has 1 N–H and O–H groups in total. The van der Waals surface area contributed by atoms with Gasteiger partial charge in [-0.15, -0.1) is 0 Å². The Balaban J connectivity index is 2.43. The van der Waals surface area contributed by atoms with Crippen LogP contribution in [0.3, 0.4) is 0 Å². The second-order valence-corrected chi connectivity index (χ2v) is 4.88. The van der Waals surface area contributed by atoms with E-state index in [-0.39, 0.29) is 16.7 Å². The molecule has 5 heteroatoms. The Hall–Kier alpha value is -2.59. The van der Waals surface area contributed by atoms with Gasteiger partial charge in [-0.2, -0.15) is 0 Å². The molecule has 21 heavy (non-hydrogen) atoms. The predicted octanol–water partition coefficient (Wildman–Crippen LogP) is 3.18. The maximum absolute atomic E-state index is 12.2. The van der Waals surface area contributed by atoms with E-state index in [4.69, 9.17) is 16.0 Å². The highest BCUT2D eigenvalue weighted by Gasteiger charge is 2.16. The van der Waals surface area contributed by atoms with Crippen molar-refractivity contribution < 1.29 is 9.52 Å². The van der Waals surface area contributed by atoms with Crippen molar-refractivity contribution in [2.45, 2.75) is 0 Å². The summed E-state index contributed by atoms with van der Waals surface area (Å²) in [4.78, 5) is 24.1. The maximum Gasteiger partial charge on any atom is 0.235 e. The first kappa shape index (κ1) is 13.4. The summed E-state index contributed by atoms with van der Waals surface area (Å²) in [5, 5.41) is 10.6. The van der Waals surface area contributed by atoms with Crippen molar-refractivity contribution in [2.75, 3.05) is 0 Å². The number of rotatable bonds is 1. The lowest BCUT2D eigenvalue weighted by Gasteiger charge is -2.04. The predicted molar refractivity (Wildman–Crippen MR) is 80.9 cm³/mol. The molecule has 0 aliphatic rings. The van der Waals surface area contributed by atoms with Crippen molar-refractivity contribution in [2.24, 2.45) is 0 Å². The molecule has 0 atom stereocenters. The minimum Gasteiger partial charge on any atom is -0.502 e. The third-order valence-corrected chi connectivity index (χ3v) is 3.33. The molecule has 3 rings (SSSR count). The smallest absolute Gasteiger partial charge is 0.235 e. The van der Waals surface area contributed by atoms with E-state index in [1.165, 1.54) is 18.2 Å². The summed E-state index contributed by atoms with van der Waals surface area (Å²) in [5.41, 5.74) is -0.702. The van der Waals surface area contributed by atoms with Crippen molar-refractivity contribution in [3.05, 3.63) is 74.0 Å². The number of fused-ring (bicyclic) bond motifs is 1. The summed E-state index contributed by atoms with van der Waals surface area (Å²) in [7, 11) is 0. The maximum atomic E-state index is 12.2. The van der Waals surface area contributed by atoms with Crippen molar-refractivity contribution in [3.63, 3.8) is 0 Å². The van der Waals surface area contributed by atoms with E-state index in [1.54, 1.807) is 30.3 Å². The molecule has 0 saturated carbocycles. The molecule has 3 aromatic rings. The zero-order valence-electron chi connectivity index (χ0n) is 10.7. The van der Waals surface area contributed by atoms with Gasteiger partial charge in [0.05, 0.1) is 5.39 Å². The van der Waals surface area contributed by atoms with Crippen LogP contribution in [0.5, 0.6) is 5.75 Å². The van der Waals surface area contributed by atoms with Crippen LogP contribution in [0.4, 0.5) is 0 Å². The highest BCUT2D eigenvalue weighted by atomic mass is 35.5. The van der Waals surface area contributed by atoms with Crippen LogP contribution >= 0.6 is 11.6 Å². The molecular weight excluding hydrogens is 292 g/mol. The van der Waals surface area contributed by atoms with E-state index >= 15 is 0 Å². The molecule has 104 valence electrons. The molecule has 0 fully saturated rings. The molecule has 0 saturated heterocycles. The first-order valence-corrected chi connectivity index (χ1v) is 6.51. The molecule has 0 aliphatic carbocycles. The SMILES string of the molecule is O=c1c(O)c(-c2ccc(Cl)cc2)oc2c(=O)ccccc12. The molecule has 1 heterocycles. The molecule has 0 spiro atoms. The van der Waals surface area contributed by atoms with Crippen LogP contribution in [0.2, 0.25) is 5.02 Å². The van der Waals surface area contributed by atoms with Gasteiger partial charge in [0.2, 0.25) is 16.6 Å². The molecule has 0 radical (unpaired) electrons. The first-order valence-electron chi connectivity index (χ1n) is 6.13. The molecule has 0 aliphatic heterocycles. The van der Waals surface area contributed by atoms with Crippen molar-refractivity contribution in [1.29, 1.82) is 0 Å². The second-order valence-electron chi connectivity index (χ2n) is 4.44. The van der Waals surface area contributed by atoms with E-state index in [9.17, 15) is 14.7 Å². The first-order chi connectivity index (χ1) is 10.1. The zero-order chi connectivity index (χ0) is 15.0. The average molecular weight is 301 g/mol. The summed E-state index contributed by atoms with van der Waals surface area (Å²) in [5.74, 6) is -0.581. The third-order valence-electron chi connectivity index (χ3n) is 3.08. The summed E-state index contributed by atoms with van der Waals surface area (Å²) in [6, 6.07) is 12.2. The van der Waals surface area contributed by atoms with Gasteiger partial charge in [0.1, 0.15) is 0 Å². The van der Waals surface area contributed by atoms with E-state index in [0.717, 1.165) is 0 Å². The Kier molecular flexibility index (Phi) is 3.23. The normalized spacial score (nSPS) is 10.7. The van der Waals surface area contributed by atoms with Crippen LogP contribution in [0, 0.1) is 0 Å². The fourth-order valence-corrected chi connectivity index (χ4v) is 2.17. The van der Waals surface area contributed by atoms with Crippen LogP contribution in [-0.4, -0.2) is 5.11 Å². The third kappa shape index (κ3) is 2.30. The van der Waals surface area contributed by atoms with E-state index in [0.29, 0.717) is 10.6 Å². The topological polar surface area (TPSA) is 67.5 Å². The number of benzene rings is 1. The van der Waals surface area contributed by atoms with Crippen molar-refractivity contribution >= 4 is 22.6 Å².